The van der Waals surface area contributed by atoms with Crippen molar-refractivity contribution in [3.63, 3.8) is 0 Å². The largest absolute Gasteiger partial charge is 0.143 e. The van der Waals surface area contributed by atoms with Gasteiger partial charge in [-0.25, -0.2) is 0 Å². The molecule has 0 atom stereocenters. The highest BCUT2D eigenvalue weighted by molar-refractivity contribution is 8.08. The van der Waals surface area contributed by atoms with Crippen LogP contribution in [0, 0.1) is 0 Å². The van der Waals surface area contributed by atoms with Gasteiger partial charge >= 0.3 is 0 Å². The maximum Gasteiger partial charge on any atom is 0.0452 e. The van der Waals surface area contributed by atoms with Gasteiger partial charge in [-0.1, -0.05) is 37.6 Å². The van der Waals surface area contributed by atoms with Crippen molar-refractivity contribution in [1.29, 1.82) is 0 Å². The predicted molar refractivity (Wildman–Crippen MR) is 100 cm³/mol. The second-order valence-electron chi connectivity index (χ2n) is 5.32. The van der Waals surface area contributed by atoms with E-state index in [9.17, 15) is 0 Å². The maximum absolute atomic E-state index is 4.26. The van der Waals surface area contributed by atoms with Crippen molar-refractivity contribution in [2.24, 2.45) is 0 Å². The molecule has 3 heteroatoms. The molecule has 0 amide bonds. The summed E-state index contributed by atoms with van der Waals surface area (Å²) in [5.74, 6) is 1.23. The molecule has 0 aliphatic carbocycles. The van der Waals surface area contributed by atoms with Gasteiger partial charge in [0.1, 0.15) is 0 Å². The summed E-state index contributed by atoms with van der Waals surface area (Å²) in [6.07, 6.45) is 6.97. The standard InChI is InChI=1S/C18H20S3/c1-3-6-13(2)11-14-12-17(15-7-4-9-19-15)21-18(14)16-8-5-10-20-16/h4,7-9,12H,2-3,5-6,10-11H2,1H3. The molecule has 0 nitrogen and oxygen atoms in total. The molecule has 2 aromatic rings. The lowest BCUT2D eigenvalue weighted by atomic mass is 10.0. The second-order valence-corrected chi connectivity index (χ2v) is 8.46. The van der Waals surface area contributed by atoms with Gasteiger partial charge < -0.3 is 0 Å². The Hall–Kier alpha value is -0.770. The molecule has 3 rings (SSSR count). The van der Waals surface area contributed by atoms with E-state index in [2.05, 4.69) is 43.2 Å². The first-order chi connectivity index (χ1) is 10.3. The molecule has 0 spiro atoms. The summed E-state index contributed by atoms with van der Waals surface area (Å²) in [5.41, 5.74) is 2.83. The first-order valence-corrected chi connectivity index (χ1v) is 10.1. The van der Waals surface area contributed by atoms with Crippen LogP contribution in [0.2, 0.25) is 0 Å². The van der Waals surface area contributed by atoms with Gasteiger partial charge in [0.25, 0.3) is 0 Å². The quantitative estimate of drug-likeness (QED) is 0.521. The normalized spacial score (nSPS) is 14.4. The Balaban J connectivity index is 1.93. The third-order valence-corrected chi connectivity index (χ3v) is 7.07. The minimum Gasteiger partial charge on any atom is -0.143 e. The fourth-order valence-corrected chi connectivity index (χ4v) is 5.79. The van der Waals surface area contributed by atoms with Gasteiger partial charge in [0.05, 0.1) is 0 Å². The Kier molecular flexibility index (Phi) is 5.04. The van der Waals surface area contributed by atoms with E-state index >= 15 is 0 Å². The highest BCUT2D eigenvalue weighted by Gasteiger charge is 2.17. The van der Waals surface area contributed by atoms with E-state index < -0.39 is 0 Å². The third-order valence-electron chi connectivity index (χ3n) is 3.55. The minimum atomic E-state index is 1.03. The summed E-state index contributed by atoms with van der Waals surface area (Å²) in [7, 11) is 0. The number of thiophene rings is 2. The van der Waals surface area contributed by atoms with Crippen molar-refractivity contribution < 1.29 is 0 Å². The van der Waals surface area contributed by atoms with Crippen LogP contribution in [-0.2, 0) is 6.42 Å². The van der Waals surface area contributed by atoms with Crippen LogP contribution in [0.25, 0.3) is 14.7 Å². The molecule has 0 aromatic carbocycles. The molecule has 0 radical (unpaired) electrons. The highest BCUT2D eigenvalue weighted by Crippen LogP contribution is 2.44. The summed E-state index contributed by atoms with van der Waals surface area (Å²) in [6, 6.07) is 6.76. The van der Waals surface area contributed by atoms with Crippen LogP contribution < -0.4 is 0 Å². The van der Waals surface area contributed by atoms with Gasteiger partial charge in [0, 0.05) is 25.3 Å². The molecule has 0 unspecified atom stereocenters. The summed E-state index contributed by atoms with van der Waals surface area (Å²) in [5, 5.41) is 2.16. The van der Waals surface area contributed by atoms with Crippen molar-refractivity contribution in [3.05, 3.63) is 52.2 Å². The SMILES string of the molecule is C=C(CCC)Cc1cc(-c2cccs2)sc1C1=CCCS1. The summed E-state index contributed by atoms with van der Waals surface area (Å²) < 4.78 is 0. The van der Waals surface area contributed by atoms with Gasteiger partial charge in [-0.05, 0) is 42.3 Å². The molecule has 1 aliphatic heterocycles. The lowest BCUT2D eigenvalue weighted by Crippen LogP contribution is -1.90. The van der Waals surface area contributed by atoms with Gasteiger partial charge in [0.2, 0.25) is 0 Å². The molecule has 0 bridgehead atoms. The average Bonchev–Trinajstić information content (AvgIpc) is 3.20. The highest BCUT2D eigenvalue weighted by atomic mass is 32.2. The topological polar surface area (TPSA) is 0 Å². The Morgan fingerprint density at radius 1 is 1.33 bits per heavy atom. The van der Waals surface area contributed by atoms with E-state index in [1.807, 2.05) is 34.4 Å². The van der Waals surface area contributed by atoms with E-state index in [4.69, 9.17) is 0 Å². The van der Waals surface area contributed by atoms with E-state index in [1.165, 1.54) is 49.3 Å². The smallest absolute Gasteiger partial charge is 0.0452 e. The Morgan fingerprint density at radius 2 is 2.24 bits per heavy atom. The molecule has 110 valence electrons. The molecule has 21 heavy (non-hydrogen) atoms. The Bertz CT molecular complexity index is 644. The van der Waals surface area contributed by atoms with Crippen molar-refractivity contribution >= 4 is 39.3 Å². The van der Waals surface area contributed by atoms with Crippen LogP contribution in [0.4, 0.5) is 0 Å². The second kappa shape index (κ2) is 6.99. The third kappa shape index (κ3) is 3.53. The predicted octanol–water partition coefficient (Wildman–Crippen LogP) is 6.85. The number of hydrogen-bond acceptors (Lipinski definition) is 3. The van der Waals surface area contributed by atoms with Crippen LogP contribution in [0.5, 0.6) is 0 Å². The summed E-state index contributed by atoms with van der Waals surface area (Å²) >= 11 is 5.79. The van der Waals surface area contributed by atoms with Crippen molar-refractivity contribution in [2.45, 2.75) is 32.6 Å². The van der Waals surface area contributed by atoms with Crippen LogP contribution >= 0.6 is 34.4 Å². The van der Waals surface area contributed by atoms with E-state index in [1.54, 1.807) is 0 Å². The van der Waals surface area contributed by atoms with Gasteiger partial charge in [-0.15, -0.1) is 34.4 Å². The first-order valence-electron chi connectivity index (χ1n) is 7.44. The lowest BCUT2D eigenvalue weighted by molar-refractivity contribution is 0.876. The van der Waals surface area contributed by atoms with Crippen molar-refractivity contribution in [1.82, 2.24) is 0 Å². The minimum absolute atomic E-state index is 1.03. The van der Waals surface area contributed by atoms with Gasteiger partial charge in [-0.3, -0.25) is 0 Å². The fourth-order valence-electron chi connectivity index (χ4n) is 2.60. The van der Waals surface area contributed by atoms with Crippen LogP contribution in [0.15, 0.2) is 41.8 Å². The number of rotatable bonds is 6. The van der Waals surface area contributed by atoms with E-state index in [0.717, 1.165) is 12.8 Å². The maximum atomic E-state index is 4.26. The van der Waals surface area contributed by atoms with Crippen LogP contribution in [0.1, 0.15) is 36.6 Å². The zero-order chi connectivity index (χ0) is 14.7. The summed E-state index contributed by atoms with van der Waals surface area (Å²) in [4.78, 5) is 5.77. The monoisotopic (exact) mass is 332 g/mol. The molecular formula is C18H20S3. The molecule has 2 aromatic heterocycles. The Morgan fingerprint density at radius 3 is 2.90 bits per heavy atom. The molecule has 0 saturated heterocycles. The Labute approximate surface area is 139 Å². The number of allylic oxidation sites excluding steroid dienone is 2. The average molecular weight is 333 g/mol. The number of thioether (sulfide) groups is 1. The zero-order valence-electron chi connectivity index (χ0n) is 12.4. The molecule has 1 aliphatic rings. The molecule has 0 fully saturated rings. The molecular weight excluding hydrogens is 312 g/mol. The van der Waals surface area contributed by atoms with Gasteiger partial charge in [0.15, 0.2) is 0 Å². The first kappa shape index (κ1) is 15.1. The molecule has 3 heterocycles. The van der Waals surface area contributed by atoms with Crippen LogP contribution in [0.3, 0.4) is 0 Å². The lowest BCUT2D eigenvalue weighted by Gasteiger charge is -2.06. The van der Waals surface area contributed by atoms with Crippen LogP contribution in [-0.4, -0.2) is 5.75 Å². The fraction of sp³-hybridized carbons (Fsp3) is 0.333. The van der Waals surface area contributed by atoms with Crippen molar-refractivity contribution in [3.8, 4) is 9.75 Å². The molecule has 0 saturated carbocycles. The van der Waals surface area contributed by atoms with Crippen molar-refractivity contribution in [2.75, 3.05) is 5.75 Å². The van der Waals surface area contributed by atoms with Gasteiger partial charge in [-0.2, -0.15) is 0 Å². The summed E-state index contributed by atoms with van der Waals surface area (Å²) in [6.45, 7) is 6.49. The number of hydrogen-bond donors (Lipinski definition) is 0. The molecule has 0 N–H and O–H groups in total. The van der Waals surface area contributed by atoms with E-state index in [-0.39, 0.29) is 0 Å². The zero-order valence-corrected chi connectivity index (χ0v) is 14.8. The van der Waals surface area contributed by atoms with E-state index in [0.29, 0.717) is 0 Å².